The number of ether oxygens (including phenoxy) is 1. The molecule has 0 atom stereocenters. The van der Waals surface area contributed by atoms with Gasteiger partial charge in [-0.15, -0.1) is 0 Å². The maximum Gasteiger partial charge on any atom is 0.276 e. The third kappa shape index (κ3) is 3.08. The number of nitro benzene ring substituents is 1. The first kappa shape index (κ1) is 16.6. The number of rotatable bonds is 6. The molecule has 1 aliphatic heterocycles. The second kappa shape index (κ2) is 6.72. The van der Waals surface area contributed by atoms with E-state index in [1.165, 1.54) is 11.0 Å². The van der Waals surface area contributed by atoms with Crippen molar-refractivity contribution >= 4 is 17.5 Å². The zero-order chi connectivity index (χ0) is 18.0. The van der Waals surface area contributed by atoms with E-state index in [9.17, 15) is 19.7 Å². The fourth-order valence-electron chi connectivity index (χ4n) is 2.80. The summed E-state index contributed by atoms with van der Waals surface area (Å²) in [4.78, 5) is 36.1. The van der Waals surface area contributed by atoms with E-state index in [1.807, 2.05) is 0 Å². The van der Waals surface area contributed by atoms with Crippen molar-refractivity contribution in [3.05, 3.63) is 69.3 Å². The molecule has 0 fully saturated rings. The first-order valence-corrected chi connectivity index (χ1v) is 7.82. The van der Waals surface area contributed by atoms with Gasteiger partial charge in [0.15, 0.2) is 0 Å². The summed E-state index contributed by atoms with van der Waals surface area (Å²) in [5.74, 6) is -0.171. The van der Waals surface area contributed by atoms with E-state index < -0.39 is 4.92 Å². The number of nitro groups is 1. The Balaban J connectivity index is 1.58. The van der Waals surface area contributed by atoms with Gasteiger partial charge < -0.3 is 4.74 Å². The van der Waals surface area contributed by atoms with Gasteiger partial charge in [0.05, 0.1) is 28.2 Å². The van der Waals surface area contributed by atoms with Crippen molar-refractivity contribution in [2.45, 2.75) is 13.3 Å². The predicted molar refractivity (Wildman–Crippen MR) is 89.8 cm³/mol. The summed E-state index contributed by atoms with van der Waals surface area (Å²) in [6, 6.07) is 11.4. The monoisotopic (exact) mass is 340 g/mol. The largest absolute Gasteiger partial charge is 0.493 e. The molecule has 0 bridgehead atoms. The number of benzene rings is 2. The van der Waals surface area contributed by atoms with E-state index in [1.54, 1.807) is 43.3 Å². The van der Waals surface area contributed by atoms with Gasteiger partial charge in [0.25, 0.3) is 17.5 Å². The van der Waals surface area contributed by atoms with Crippen LogP contribution in [0.3, 0.4) is 0 Å². The van der Waals surface area contributed by atoms with Gasteiger partial charge in [0.2, 0.25) is 0 Å². The third-order valence-electron chi connectivity index (χ3n) is 4.11. The minimum absolute atomic E-state index is 0.00199. The Labute approximate surface area is 144 Å². The number of hydrogen-bond acceptors (Lipinski definition) is 5. The Morgan fingerprint density at radius 3 is 2.28 bits per heavy atom. The van der Waals surface area contributed by atoms with Crippen LogP contribution in [0.15, 0.2) is 42.5 Å². The number of amides is 2. The lowest BCUT2D eigenvalue weighted by molar-refractivity contribution is -0.385. The number of carbonyl (C=O) groups is 2. The molecule has 7 nitrogen and oxygen atoms in total. The van der Waals surface area contributed by atoms with Gasteiger partial charge in [-0.2, -0.15) is 0 Å². The fraction of sp³-hybridized carbons (Fsp3) is 0.222. The highest BCUT2D eigenvalue weighted by molar-refractivity contribution is 6.21. The first-order valence-electron chi connectivity index (χ1n) is 7.82. The number of imide groups is 1. The molecule has 0 aromatic heterocycles. The molecule has 25 heavy (non-hydrogen) atoms. The Morgan fingerprint density at radius 2 is 1.68 bits per heavy atom. The second-order valence-corrected chi connectivity index (χ2v) is 5.67. The summed E-state index contributed by atoms with van der Waals surface area (Å²) in [6.45, 7) is 2.10. The zero-order valence-electron chi connectivity index (χ0n) is 13.6. The molecule has 128 valence electrons. The van der Waals surface area contributed by atoms with Crippen LogP contribution in [0.25, 0.3) is 0 Å². The first-order chi connectivity index (χ1) is 12.0. The van der Waals surface area contributed by atoms with E-state index in [0.29, 0.717) is 28.9 Å². The highest BCUT2D eigenvalue weighted by Crippen LogP contribution is 2.27. The molecule has 0 saturated carbocycles. The van der Waals surface area contributed by atoms with Crippen molar-refractivity contribution in [2.75, 3.05) is 13.2 Å². The molecule has 2 aromatic rings. The molecular weight excluding hydrogens is 324 g/mol. The van der Waals surface area contributed by atoms with Crippen LogP contribution in [0.4, 0.5) is 5.69 Å². The molecule has 0 unspecified atom stereocenters. The van der Waals surface area contributed by atoms with Gasteiger partial charge >= 0.3 is 0 Å². The normalized spacial score (nSPS) is 13.1. The summed E-state index contributed by atoms with van der Waals surface area (Å²) in [6.07, 6.45) is 0.438. The molecule has 1 aliphatic rings. The minimum atomic E-state index is -0.457. The van der Waals surface area contributed by atoms with Gasteiger partial charge in [-0.1, -0.05) is 18.2 Å². The lowest BCUT2D eigenvalue weighted by Crippen LogP contribution is -2.31. The van der Waals surface area contributed by atoms with Crippen LogP contribution in [-0.4, -0.2) is 34.8 Å². The summed E-state index contributed by atoms with van der Waals surface area (Å²) in [5.41, 5.74) is 1.29. The molecule has 2 amide bonds. The summed E-state index contributed by atoms with van der Waals surface area (Å²) in [7, 11) is 0. The highest BCUT2D eigenvalue weighted by Gasteiger charge is 2.34. The Morgan fingerprint density at radius 1 is 1.04 bits per heavy atom. The van der Waals surface area contributed by atoms with Gasteiger partial charge in [0.1, 0.15) is 5.75 Å². The average molecular weight is 340 g/mol. The number of nitrogens with zero attached hydrogens (tertiary/aromatic N) is 2. The molecule has 0 radical (unpaired) electrons. The van der Waals surface area contributed by atoms with Crippen molar-refractivity contribution < 1.29 is 19.2 Å². The van der Waals surface area contributed by atoms with E-state index in [-0.39, 0.29) is 30.7 Å². The highest BCUT2D eigenvalue weighted by atomic mass is 16.6. The Bertz CT molecular complexity index is 827. The Hall–Kier alpha value is -3.22. The van der Waals surface area contributed by atoms with Crippen molar-refractivity contribution in [1.29, 1.82) is 0 Å². The van der Waals surface area contributed by atoms with Crippen LogP contribution in [0, 0.1) is 17.0 Å². The lowest BCUT2D eigenvalue weighted by Gasteiger charge is -2.14. The van der Waals surface area contributed by atoms with Gasteiger partial charge in [-0.3, -0.25) is 24.6 Å². The van der Waals surface area contributed by atoms with Crippen LogP contribution >= 0.6 is 0 Å². The van der Waals surface area contributed by atoms with Crippen LogP contribution in [-0.2, 0) is 0 Å². The third-order valence-corrected chi connectivity index (χ3v) is 4.11. The van der Waals surface area contributed by atoms with Gasteiger partial charge in [-0.25, -0.2) is 0 Å². The maximum atomic E-state index is 12.2. The second-order valence-electron chi connectivity index (χ2n) is 5.67. The fourth-order valence-corrected chi connectivity index (χ4v) is 2.80. The van der Waals surface area contributed by atoms with Crippen LogP contribution < -0.4 is 4.74 Å². The van der Waals surface area contributed by atoms with E-state index in [0.717, 1.165) is 0 Å². The van der Waals surface area contributed by atoms with E-state index >= 15 is 0 Å². The van der Waals surface area contributed by atoms with Crippen molar-refractivity contribution in [3.8, 4) is 5.75 Å². The van der Waals surface area contributed by atoms with E-state index in [4.69, 9.17) is 4.74 Å². The lowest BCUT2D eigenvalue weighted by atomic mass is 10.1. The maximum absolute atomic E-state index is 12.2. The summed E-state index contributed by atoms with van der Waals surface area (Å²) >= 11 is 0. The minimum Gasteiger partial charge on any atom is -0.493 e. The summed E-state index contributed by atoms with van der Waals surface area (Å²) in [5, 5.41) is 10.9. The smallest absolute Gasteiger partial charge is 0.276 e. The molecule has 0 spiro atoms. The number of fused-ring (bicyclic) bond motifs is 1. The molecule has 0 saturated heterocycles. The van der Waals surface area contributed by atoms with Crippen LogP contribution in [0.5, 0.6) is 5.75 Å². The standard InChI is InChI=1S/C18H16N2O5/c1-12-15(20(23)24)8-4-9-16(12)25-11-5-10-19-17(21)13-6-2-3-7-14(13)18(19)22/h2-4,6-9H,5,10-11H2,1H3. The average Bonchev–Trinajstić information content (AvgIpc) is 2.84. The van der Waals surface area contributed by atoms with Crippen LogP contribution in [0.2, 0.25) is 0 Å². The van der Waals surface area contributed by atoms with Gasteiger partial charge in [-0.05, 0) is 31.5 Å². The van der Waals surface area contributed by atoms with Crippen LogP contribution in [0.1, 0.15) is 32.7 Å². The van der Waals surface area contributed by atoms with Gasteiger partial charge in [0, 0.05) is 12.6 Å². The van der Waals surface area contributed by atoms with E-state index in [2.05, 4.69) is 0 Å². The Kier molecular flexibility index (Phi) is 4.47. The molecule has 0 aliphatic carbocycles. The molecule has 7 heteroatoms. The number of hydrogen-bond donors (Lipinski definition) is 0. The molecule has 2 aromatic carbocycles. The molecule has 0 N–H and O–H groups in total. The zero-order valence-corrected chi connectivity index (χ0v) is 13.6. The molecular formula is C18H16N2O5. The topological polar surface area (TPSA) is 89.8 Å². The summed E-state index contributed by atoms with van der Waals surface area (Å²) < 4.78 is 5.58. The predicted octanol–water partition coefficient (Wildman–Crippen LogP) is 2.97. The van der Waals surface area contributed by atoms with Crippen molar-refractivity contribution in [1.82, 2.24) is 4.90 Å². The SMILES string of the molecule is Cc1c(OCCCN2C(=O)c3ccccc3C2=O)cccc1[N+](=O)[O-]. The quantitative estimate of drug-likeness (QED) is 0.349. The van der Waals surface area contributed by atoms with Crippen molar-refractivity contribution in [2.24, 2.45) is 0 Å². The van der Waals surface area contributed by atoms with Crippen molar-refractivity contribution in [3.63, 3.8) is 0 Å². The molecule has 1 heterocycles. The number of carbonyl (C=O) groups excluding carboxylic acids is 2. The molecule has 3 rings (SSSR count).